The molecule has 0 aliphatic rings. The summed E-state index contributed by atoms with van der Waals surface area (Å²) < 4.78 is 0. The van der Waals surface area contributed by atoms with E-state index in [4.69, 9.17) is 10.4 Å². The largest absolute Gasteiger partial charge is 0.478 e. The van der Waals surface area contributed by atoms with Crippen LogP contribution in [0, 0.1) is 11.3 Å². The van der Waals surface area contributed by atoms with Crippen LogP contribution in [0.2, 0.25) is 0 Å². The van der Waals surface area contributed by atoms with E-state index in [0.29, 0.717) is 13.0 Å². The van der Waals surface area contributed by atoms with Gasteiger partial charge in [0.15, 0.2) is 0 Å². The molecule has 0 radical (unpaired) electrons. The van der Waals surface area contributed by atoms with E-state index in [1.54, 1.807) is 18.2 Å². The molecule has 0 spiro atoms. The number of hydrogen-bond acceptors (Lipinski definition) is 3. The Kier molecular flexibility index (Phi) is 5.18. The molecule has 0 amide bonds. The second-order valence-electron chi connectivity index (χ2n) is 3.85. The third-order valence-corrected chi connectivity index (χ3v) is 2.60. The summed E-state index contributed by atoms with van der Waals surface area (Å²) in [6, 6.07) is 9.11. The van der Waals surface area contributed by atoms with Gasteiger partial charge in [-0.15, -0.1) is 0 Å². The number of nitrogens with zero attached hydrogens (tertiary/aromatic N) is 1. The Balaban J connectivity index is 2.60. The number of carboxylic acid groups (broad SMARTS) is 1. The highest BCUT2D eigenvalue weighted by molar-refractivity contribution is 5.87. The molecule has 1 rings (SSSR count). The van der Waals surface area contributed by atoms with Gasteiger partial charge < -0.3 is 10.4 Å². The number of nitrogens with one attached hydrogen (secondary N) is 1. The van der Waals surface area contributed by atoms with Gasteiger partial charge in [0.05, 0.1) is 18.1 Å². The van der Waals surface area contributed by atoms with Gasteiger partial charge in [-0.2, -0.15) is 5.26 Å². The van der Waals surface area contributed by atoms with Gasteiger partial charge in [0.2, 0.25) is 0 Å². The van der Waals surface area contributed by atoms with Crippen LogP contribution in [0.3, 0.4) is 0 Å². The van der Waals surface area contributed by atoms with Gasteiger partial charge in [0.1, 0.15) is 0 Å². The Morgan fingerprint density at radius 1 is 1.59 bits per heavy atom. The summed E-state index contributed by atoms with van der Waals surface area (Å²) in [4.78, 5) is 10.8. The molecule has 2 N–H and O–H groups in total. The second-order valence-corrected chi connectivity index (χ2v) is 3.85. The number of benzene rings is 1. The Labute approximate surface area is 101 Å². The Bertz CT molecular complexity index is 424. The molecule has 0 heterocycles. The predicted octanol–water partition coefficient (Wildman–Crippen LogP) is 2.17. The van der Waals surface area contributed by atoms with E-state index in [2.05, 4.69) is 11.4 Å². The van der Waals surface area contributed by atoms with Crippen molar-refractivity contribution in [3.63, 3.8) is 0 Å². The first-order valence-electron chi connectivity index (χ1n) is 5.60. The van der Waals surface area contributed by atoms with Crippen molar-refractivity contribution in [3.05, 3.63) is 35.4 Å². The highest BCUT2D eigenvalue weighted by Crippen LogP contribution is 2.06. The first kappa shape index (κ1) is 13.2. The number of rotatable bonds is 6. The average molecular weight is 232 g/mol. The van der Waals surface area contributed by atoms with Crippen LogP contribution < -0.4 is 5.32 Å². The zero-order chi connectivity index (χ0) is 12.7. The molecule has 0 aliphatic carbocycles. The van der Waals surface area contributed by atoms with Crippen LogP contribution in [-0.2, 0) is 6.54 Å². The van der Waals surface area contributed by atoms with Gasteiger partial charge in [-0.05, 0) is 24.1 Å². The molecule has 0 saturated heterocycles. The summed E-state index contributed by atoms with van der Waals surface area (Å²) >= 11 is 0. The monoisotopic (exact) mass is 232 g/mol. The predicted molar refractivity (Wildman–Crippen MR) is 64.6 cm³/mol. The lowest BCUT2D eigenvalue weighted by atomic mass is 10.1. The lowest BCUT2D eigenvalue weighted by Gasteiger charge is -2.13. The third-order valence-electron chi connectivity index (χ3n) is 2.60. The van der Waals surface area contributed by atoms with Crippen molar-refractivity contribution in [1.29, 1.82) is 5.26 Å². The Hall–Kier alpha value is -1.86. The van der Waals surface area contributed by atoms with E-state index in [0.717, 1.165) is 12.0 Å². The summed E-state index contributed by atoms with van der Waals surface area (Å²) in [5, 5.41) is 20.7. The topological polar surface area (TPSA) is 73.1 Å². The fourth-order valence-electron chi connectivity index (χ4n) is 1.55. The maximum absolute atomic E-state index is 10.8. The summed E-state index contributed by atoms with van der Waals surface area (Å²) in [5.74, 6) is -0.920. The average Bonchev–Trinajstić information content (AvgIpc) is 2.34. The number of carbonyl (C=O) groups is 1. The molecule has 1 aromatic carbocycles. The fraction of sp³-hybridized carbons (Fsp3) is 0.385. The molecular formula is C13H16N2O2. The Morgan fingerprint density at radius 2 is 2.35 bits per heavy atom. The van der Waals surface area contributed by atoms with E-state index in [1.807, 2.05) is 13.0 Å². The Morgan fingerprint density at radius 3 is 2.94 bits per heavy atom. The van der Waals surface area contributed by atoms with E-state index >= 15 is 0 Å². The normalized spacial score (nSPS) is 11.8. The third kappa shape index (κ3) is 4.25. The standard InChI is InChI=1S/C13H16N2O2/c1-2-12(6-7-14)15-9-10-4-3-5-11(8-10)13(16)17/h3-5,8,12,15H,2,6,9H2,1H3,(H,16,17). The molecule has 0 saturated carbocycles. The van der Waals surface area contributed by atoms with Crippen LogP contribution in [-0.4, -0.2) is 17.1 Å². The van der Waals surface area contributed by atoms with Crippen molar-refractivity contribution in [2.45, 2.75) is 32.4 Å². The van der Waals surface area contributed by atoms with Crippen molar-refractivity contribution >= 4 is 5.97 Å². The van der Waals surface area contributed by atoms with Crippen molar-refractivity contribution < 1.29 is 9.90 Å². The molecule has 1 atom stereocenters. The fourth-order valence-corrected chi connectivity index (χ4v) is 1.55. The van der Waals surface area contributed by atoms with Gasteiger partial charge in [-0.25, -0.2) is 4.79 Å². The highest BCUT2D eigenvalue weighted by atomic mass is 16.4. The van der Waals surface area contributed by atoms with E-state index in [9.17, 15) is 4.79 Å². The number of aromatic carboxylic acids is 1. The van der Waals surface area contributed by atoms with Gasteiger partial charge in [0, 0.05) is 12.6 Å². The molecule has 0 aromatic heterocycles. The van der Waals surface area contributed by atoms with Gasteiger partial charge in [-0.3, -0.25) is 0 Å². The van der Waals surface area contributed by atoms with E-state index in [1.165, 1.54) is 0 Å². The lowest BCUT2D eigenvalue weighted by molar-refractivity contribution is 0.0696. The molecule has 0 aliphatic heterocycles. The van der Waals surface area contributed by atoms with E-state index in [-0.39, 0.29) is 11.6 Å². The molecule has 90 valence electrons. The molecule has 1 aromatic rings. The maximum atomic E-state index is 10.8. The smallest absolute Gasteiger partial charge is 0.335 e. The molecule has 17 heavy (non-hydrogen) atoms. The SMILES string of the molecule is CCC(CC#N)NCc1cccc(C(=O)O)c1. The molecule has 4 nitrogen and oxygen atoms in total. The number of hydrogen-bond donors (Lipinski definition) is 2. The maximum Gasteiger partial charge on any atom is 0.335 e. The van der Waals surface area contributed by atoms with Crippen LogP contribution >= 0.6 is 0 Å². The summed E-state index contributed by atoms with van der Waals surface area (Å²) in [7, 11) is 0. The van der Waals surface area contributed by atoms with Gasteiger partial charge >= 0.3 is 5.97 Å². The van der Waals surface area contributed by atoms with Crippen LogP contribution in [0.1, 0.15) is 35.7 Å². The second kappa shape index (κ2) is 6.66. The first-order chi connectivity index (χ1) is 8.17. The summed E-state index contributed by atoms with van der Waals surface area (Å²) in [5.41, 5.74) is 1.21. The summed E-state index contributed by atoms with van der Waals surface area (Å²) in [6.45, 7) is 2.60. The van der Waals surface area contributed by atoms with Crippen LogP contribution in [0.25, 0.3) is 0 Å². The molecule has 1 unspecified atom stereocenters. The minimum Gasteiger partial charge on any atom is -0.478 e. The van der Waals surface area contributed by atoms with Crippen LogP contribution in [0.15, 0.2) is 24.3 Å². The molecular weight excluding hydrogens is 216 g/mol. The first-order valence-corrected chi connectivity index (χ1v) is 5.60. The van der Waals surface area contributed by atoms with Crippen molar-refractivity contribution in [3.8, 4) is 6.07 Å². The molecule has 4 heteroatoms. The van der Waals surface area contributed by atoms with Crippen LogP contribution in [0.5, 0.6) is 0 Å². The van der Waals surface area contributed by atoms with Gasteiger partial charge in [0.25, 0.3) is 0 Å². The van der Waals surface area contributed by atoms with Gasteiger partial charge in [-0.1, -0.05) is 19.1 Å². The number of nitriles is 1. The minimum absolute atomic E-state index is 0.161. The zero-order valence-corrected chi connectivity index (χ0v) is 9.81. The van der Waals surface area contributed by atoms with Crippen LogP contribution in [0.4, 0.5) is 0 Å². The number of carboxylic acids is 1. The van der Waals surface area contributed by atoms with Crippen molar-refractivity contribution in [2.75, 3.05) is 0 Å². The molecule has 0 bridgehead atoms. The quantitative estimate of drug-likeness (QED) is 0.788. The lowest BCUT2D eigenvalue weighted by Crippen LogP contribution is -2.27. The highest BCUT2D eigenvalue weighted by Gasteiger charge is 2.06. The minimum atomic E-state index is -0.920. The van der Waals surface area contributed by atoms with E-state index < -0.39 is 5.97 Å². The zero-order valence-electron chi connectivity index (χ0n) is 9.81. The molecule has 0 fully saturated rings. The summed E-state index contributed by atoms with van der Waals surface area (Å²) in [6.07, 6.45) is 1.35. The van der Waals surface area contributed by atoms with Crippen molar-refractivity contribution in [2.24, 2.45) is 0 Å². The van der Waals surface area contributed by atoms with Crippen molar-refractivity contribution in [1.82, 2.24) is 5.32 Å².